The van der Waals surface area contributed by atoms with Crippen LogP contribution in [0.15, 0.2) is 48.5 Å². The van der Waals surface area contributed by atoms with Gasteiger partial charge in [-0.25, -0.2) is 4.98 Å². The lowest BCUT2D eigenvalue weighted by atomic mass is 10.1. The second-order valence-electron chi connectivity index (χ2n) is 6.08. The van der Waals surface area contributed by atoms with Crippen LogP contribution in [0.2, 0.25) is 0 Å². The zero-order valence-corrected chi connectivity index (χ0v) is 14.8. The molecule has 4 nitrogen and oxygen atoms in total. The monoisotopic (exact) mass is 334 g/mol. The summed E-state index contributed by atoms with van der Waals surface area (Å²) < 4.78 is 5.75. The molecular formula is C21H22N2O2. The average molecular weight is 334 g/mol. The van der Waals surface area contributed by atoms with Crippen molar-refractivity contribution in [2.24, 2.45) is 0 Å². The number of carbonyl (C=O) groups is 1. The molecule has 2 aromatic carbocycles. The second kappa shape index (κ2) is 7.34. The van der Waals surface area contributed by atoms with E-state index in [0.717, 1.165) is 39.8 Å². The summed E-state index contributed by atoms with van der Waals surface area (Å²) in [7, 11) is 0. The number of nitrogens with one attached hydrogen (secondary N) is 1. The fourth-order valence-electron chi connectivity index (χ4n) is 2.85. The molecule has 0 atom stereocenters. The molecule has 1 N–H and O–H groups in total. The van der Waals surface area contributed by atoms with Gasteiger partial charge in [0.15, 0.2) is 6.61 Å². The van der Waals surface area contributed by atoms with Crippen molar-refractivity contribution in [1.82, 2.24) is 4.98 Å². The number of fused-ring (bicyclic) bond motifs is 1. The summed E-state index contributed by atoms with van der Waals surface area (Å²) in [6.45, 7) is 5.96. The maximum atomic E-state index is 12.4. The van der Waals surface area contributed by atoms with E-state index in [-0.39, 0.29) is 12.5 Å². The number of nitrogens with zero attached hydrogens (tertiary/aromatic N) is 1. The third-order valence-electron chi connectivity index (χ3n) is 4.19. The highest BCUT2D eigenvalue weighted by Gasteiger charge is 2.11. The first-order chi connectivity index (χ1) is 12.1. The number of amides is 1. The van der Waals surface area contributed by atoms with Gasteiger partial charge in [0.05, 0.1) is 0 Å². The van der Waals surface area contributed by atoms with Gasteiger partial charge in [-0.1, -0.05) is 43.3 Å². The van der Waals surface area contributed by atoms with Crippen LogP contribution in [0.25, 0.3) is 10.9 Å². The number of benzene rings is 2. The van der Waals surface area contributed by atoms with Crippen LogP contribution in [-0.4, -0.2) is 17.5 Å². The van der Waals surface area contributed by atoms with Crippen LogP contribution >= 0.6 is 0 Å². The van der Waals surface area contributed by atoms with Crippen LogP contribution in [0.3, 0.4) is 0 Å². The van der Waals surface area contributed by atoms with E-state index in [1.165, 1.54) is 0 Å². The van der Waals surface area contributed by atoms with Gasteiger partial charge < -0.3 is 10.1 Å². The number of carbonyl (C=O) groups excluding carboxylic acids is 1. The van der Waals surface area contributed by atoms with Crippen LogP contribution in [-0.2, 0) is 11.2 Å². The highest BCUT2D eigenvalue weighted by atomic mass is 16.5. The zero-order chi connectivity index (χ0) is 17.8. The Balaban J connectivity index is 1.74. The summed E-state index contributed by atoms with van der Waals surface area (Å²) in [6, 6.07) is 15.7. The quantitative estimate of drug-likeness (QED) is 0.751. The molecule has 1 heterocycles. The van der Waals surface area contributed by atoms with Gasteiger partial charge in [-0.15, -0.1) is 0 Å². The van der Waals surface area contributed by atoms with Crippen molar-refractivity contribution in [3.8, 4) is 5.75 Å². The van der Waals surface area contributed by atoms with Crippen molar-refractivity contribution in [3.63, 3.8) is 0 Å². The number of ether oxygens (including phenoxy) is 1. The summed E-state index contributed by atoms with van der Waals surface area (Å²) in [5.41, 5.74) is 4.75. The Kier molecular flexibility index (Phi) is 4.98. The minimum atomic E-state index is -0.173. The molecule has 3 aromatic rings. The van der Waals surface area contributed by atoms with Crippen molar-refractivity contribution in [1.29, 1.82) is 0 Å². The van der Waals surface area contributed by atoms with E-state index < -0.39 is 0 Å². The van der Waals surface area contributed by atoms with Crippen molar-refractivity contribution in [2.45, 2.75) is 27.2 Å². The first kappa shape index (κ1) is 17.0. The number of aryl methyl sites for hydroxylation is 3. The summed E-state index contributed by atoms with van der Waals surface area (Å²) in [5.74, 6) is 0.450. The molecule has 0 bridgehead atoms. The van der Waals surface area contributed by atoms with Crippen molar-refractivity contribution < 1.29 is 9.53 Å². The lowest BCUT2D eigenvalue weighted by molar-refractivity contribution is -0.118. The predicted octanol–water partition coefficient (Wildman–Crippen LogP) is 4.43. The Labute approximate surface area is 147 Å². The Morgan fingerprint density at radius 1 is 1.08 bits per heavy atom. The molecular weight excluding hydrogens is 312 g/mol. The summed E-state index contributed by atoms with van der Waals surface area (Å²) in [5, 5.41) is 3.97. The van der Waals surface area contributed by atoms with Gasteiger partial charge in [-0.05, 0) is 43.5 Å². The minimum Gasteiger partial charge on any atom is -0.481 e. The number of para-hydroxylation sites is 2. The van der Waals surface area contributed by atoms with Crippen LogP contribution < -0.4 is 10.1 Å². The molecule has 1 amide bonds. The third kappa shape index (κ3) is 3.79. The number of anilines is 1. The Bertz CT molecular complexity index is 919. The van der Waals surface area contributed by atoms with Gasteiger partial charge in [-0.3, -0.25) is 4.79 Å². The molecule has 0 saturated heterocycles. The largest absolute Gasteiger partial charge is 0.481 e. The van der Waals surface area contributed by atoms with E-state index in [4.69, 9.17) is 4.74 Å². The van der Waals surface area contributed by atoms with E-state index in [1.807, 2.05) is 62.4 Å². The van der Waals surface area contributed by atoms with Crippen LogP contribution in [0.5, 0.6) is 5.75 Å². The Hall–Kier alpha value is -2.88. The summed E-state index contributed by atoms with van der Waals surface area (Å²) >= 11 is 0. The molecule has 3 rings (SSSR count). The highest BCUT2D eigenvalue weighted by Crippen LogP contribution is 2.24. The maximum Gasteiger partial charge on any atom is 0.262 e. The molecule has 4 heteroatoms. The molecule has 25 heavy (non-hydrogen) atoms. The lowest BCUT2D eigenvalue weighted by Crippen LogP contribution is -2.21. The minimum absolute atomic E-state index is 0.0494. The van der Waals surface area contributed by atoms with Crippen molar-refractivity contribution >= 4 is 22.5 Å². The first-order valence-electron chi connectivity index (χ1n) is 8.46. The molecule has 0 fully saturated rings. The first-order valence-corrected chi connectivity index (χ1v) is 8.46. The number of hydrogen-bond donors (Lipinski definition) is 1. The number of hydrogen-bond acceptors (Lipinski definition) is 3. The van der Waals surface area contributed by atoms with Gasteiger partial charge in [0.25, 0.3) is 5.91 Å². The van der Waals surface area contributed by atoms with Crippen molar-refractivity contribution in [3.05, 3.63) is 65.4 Å². The standard InChI is InChI=1S/C21H22N2O2/c1-4-16-8-5-7-14(2)20(16)23-19(24)13-25-18-10-6-9-17-12-11-15(3)22-21(17)18/h5-12H,4,13H2,1-3H3,(H,23,24). The smallest absolute Gasteiger partial charge is 0.262 e. The van der Waals surface area contributed by atoms with Gasteiger partial charge >= 0.3 is 0 Å². The Morgan fingerprint density at radius 2 is 1.88 bits per heavy atom. The number of aromatic nitrogens is 1. The highest BCUT2D eigenvalue weighted by molar-refractivity contribution is 5.94. The molecule has 0 aliphatic carbocycles. The van der Waals surface area contributed by atoms with Crippen LogP contribution in [0.1, 0.15) is 23.7 Å². The van der Waals surface area contributed by atoms with Crippen LogP contribution in [0, 0.1) is 13.8 Å². The van der Waals surface area contributed by atoms with E-state index in [2.05, 4.69) is 17.2 Å². The average Bonchev–Trinajstić information content (AvgIpc) is 2.61. The molecule has 0 aliphatic heterocycles. The molecule has 128 valence electrons. The fraction of sp³-hybridized carbons (Fsp3) is 0.238. The number of rotatable bonds is 5. The Morgan fingerprint density at radius 3 is 2.68 bits per heavy atom. The van der Waals surface area contributed by atoms with E-state index in [1.54, 1.807) is 0 Å². The number of pyridine rings is 1. The van der Waals surface area contributed by atoms with E-state index in [9.17, 15) is 4.79 Å². The van der Waals surface area contributed by atoms with E-state index >= 15 is 0 Å². The van der Waals surface area contributed by atoms with E-state index in [0.29, 0.717) is 5.75 Å². The summed E-state index contributed by atoms with van der Waals surface area (Å²) in [4.78, 5) is 16.9. The fourth-order valence-corrected chi connectivity index (χ4v) is 2.85. The topological polar surface area (TPSA) is 51.2 Å². The maximum absolute atomic E-state index is 12.4. The molecule has 0 spiro atoms. The van der Waals surface area contributed by atoms with Gasteiger partial charge in [-0.2, -0.15) is 0 Å². The molecule has 0 aliphatic rings. The molecule has 0 radical (unpaired) electrons. The second-order valence-corrected chi connectivity index (χ2v) is 6.08. The molecule has 0 saturated carbocycles. The van der Waals surface area contributed by atoms with Crippen molar-refractivity contribution in [2.75, 3.05) is 11.9 Å². The van der Waals surface area contributed by atoms with Gasteiger partial charge in [0.2, 0.25) is 0 Å². The molecule has 1 aromatic heterocycles. The normalized spacial score (nSPS) is 10.7. The van der Waals surface area contributed by atoms with Gasteiger partial charge in [0, 0.05) is 16.8 Å². The third-order valence-corrected chi connectivity index (χ3v) is 4.19. The summed E-state index contributed by atoms with van der Waals surface area (Å²) in [6.07, 6.45) is 0.866. The zero-order valence-electron chi connectivity index (χ0n) is 14.8. The lowest BCUT2D eigenvalue weighted by Gasteiger charge is -2.14. The van der Waals surface area contributed by atoms with Gasteiger partial charge in [0.1, 0.15) is 11.3 Å². The predicted molar refractivity (Wildman–Crippen MR) is 101 cm³/mol. The molecule has 0 unspecified atom stereocenters. The SMILES string of the molecule is CCc1cccc(C)c1NC(=O)COc1cccc2ccc(C)nc12. The van der Waals surface area contributed by atoms with Crippen LogP contribution in [0.4, 0.5) is 5.69 Å².